The van der Waals surface area contributed by atoms with Crippen molar-refractivity contribution in [3.63, 3.8) is 0 Å². The third kappa shape index (κ3) is 5.06. The Morgan fingerprint density at radius 1 is 1.40 bits per heavy atom. The van der Waals surface area contributed by atoms with Crippen LogP contribution in [0.4, 0.5) is 4.39 Å². The number of fused-ring (bicyclic) bond motifs is 1. The highest BCUT2D eigenvalue weighted by Gasteiger charge is 2.28. The van der Waals surface area contributed by atoms with Gasteiger partial charge in [0.25, 0.3) is 0 Å². The largest absolute Gasteiger partial charge is 0.353 e. The Labute approximate surface area is 173 Å². The first-order chi connectivity index (χ1) is 11.5. The van der Waals surface area contributed by atoms with E-state index in [1.165, 1.54) is 11.0 Å². The van der Waals surface area contributed by atoms with E-state index in [1.54, 1.807) is 20.2 Å². The molecule has 5 nitrogen and oxygen atoms in total. The van der Waals surface area contributed by atoms with Crippen LogP contribution in [0.2, 0.25) is 0 Å². The summed E-state index contributed by atoms with van der Waals surface area (Å²) in [5, 5.41) is 3.39. The molecule has 3 rings (SSSR count). The normalized spacial score (nSPS) is 16.8. The van der Waals surface area contributed by atoms with Gasteiger partial charge in [0, 0.05) is 43.3 Å². The number of hydrogen-bond donors (Lipinski definition) is 1. The number of nitrogens with zero attached hydrogens (tertiary/aromatic N) is 3. The van der Waals surface area contributed by atoms with Crippen molar-refractivity contribution in [2.75, 3.05) is 27.2 Å². The molecule has 1 N–H and O–H groups in total. The van der Waals surface area contributed by atoms with Crippen molar-refractivity contribution >= 4 is 51.8 Å². The van der Waals surface area contributed by atoms with Crippen molar-refractivity contribution in [2.45, 2.75) is 31.8 Å². The minimum absolute atomic E-state index is 0. The molecule has 1 aliphatic heterocycles. The number of rotatable bonds is 3. The molecule has 0 unspecified atom stereocenters. The lowest BCUT2D eigenvalue weighted by molar-refractivity contribution is -0.127. The third-order valence-electron chi connectivity index (χ3n) is 4.37. The van der Waals surface area contributed by atoms with Gasteiger partial charge in [-0.1, -0.05) is 15.9 Å². The van der Waals surface area contributed by atoms with Gasteiger partial charge in [0.05, 0.1) is 0 Å². The van der Waals surface area contributed by atoms with Gasteiger partial charge in [0.1, 0.15) is 12.4 Å². The highest BCUT2D eigenvalue weighted by Crippen LogP contribution is 2.29. The highest BCUT2D eigenvalue weighted by atomic mass is 127. The number of likely N-dealkylation sites (N-methyl/N-ethyl adjacent to an activating group) is 1. The predicted octanol–water partition coefficient (Wildman–Crippen LogP) is 2.76. The van der Waals surface area contributed by atoms with Gasteiger partial charge >= 0.3 is 0 Å². The molecule has 1 aliphatic carbocycles. The third-order valence-corrected chi connectivity index (χ3v) is 5.11. The van der Waals surface area contributed by atoms with Crippen LogP contribution in [0.25, 0.3) is 0 Å². The maximum Gasteiger partial charge on any atom is 0.243 e. The van der Waals surface area contributed by atoms with Crippen LogP contribution in [-0.2, 0) is 17.8 Å². The van der Waals surface area contributed by atoms with Crippen molar-refractivity contribution in [3.8, 4) is 0 Å². The molecule has 1 heterocycles. The molecule has 1 aromatic carbocycles. The first-order valence-electron chi connectivity index (χ1n) is 8.17. The summed E-state index contributed by atoms with van der Waals surface area (Å²) in [6.45, 7) is 1.32. The molecule has 1 fully saturated rings. The number of hydrogen-bond acceptors (Lipinski definition) is 2. The Balaban J connectivity index is 0.00000225. The summed E-state index contributed by atoms with van der Waals surface area (Å²) in [6.07, 6.45) is 2.98. The zero-order valence-corrected chi connectivity index (χ0v) is 18.3. The van der Waals surface area contributed by atoms with Crippen LogP contribution in [-0.4, -0.2) is 54.9 Å². The monoisotopic (exact) mass is 524 g/mol. The summed E-state index contributed by atoms with van der Waals surface area (Å²) in [5.41, 5.74) is 1.74. The molecule has 2 aliphatic rings. The Morgan fingerprint density at radius 3 is 2.76 bits per heavy atom. The number of benzene rings is 1. The maximum absolute atomic E-state index is 14.2. The molecular formula is C17H23BrFIN4O. The zero-order chi connectivity index (χ0) is 17.3. The average molecular weight is 525 g/mol. The molecule has 25 heavy (non-hydrogen) atoms. The first kappa shape index (κ1) is 20.4. The van der Waals surface area contributed by atoms with Crippen LogP contribution in [0.1, 0.15) is 24.0 Å². The van der Waals surface area contributed by atoms with Crippen LogP contribution < -0.4 is 5.32 Å². The van der Waals surface area contributed by atoms with Gasteiger partial charge < -0.3 is 15.1 Å². The summed E-state index contributed by atoms with van der Waals surface area (Å²) >= 11 is 3.51. The number of guanidine groups is 1. The van der Waals surface area contributed by atoms with E-state index in [0.717, 1.165) is 35.8 Å². The second-order valence-corrected chi connectivity index (χ2v) is 7.36. The van der Waals surface area contributed by atoms with Crippen molar-refractivity contribution < 1.29 is 9.18 Å². The van der Waals surface area contributed by atoms with Crippen molar-refractivity contribution in [3.05, 3.63) is 33.5 Å². The van der Waals surface area contributed by atoms with Crippen molar-refractivity contribution in [1.82, 2.24) is 15.1 Å². The average Bonchev–Trinajstić information content (AvgIpc) is 3.38. The Hall–Kier alpha value is -0.900. The fourth-order valence-electron chi connectivity index (χ4n) is 2.71. The lowest BCUT2D eigenvalue weighted by Gasteiger charge is -2.32. The molecule has 0 atom stereocenters. The van der Waals surface area contributed by atoms with Crippen molar-refractivity contribution in [2.24, 2.45) is 4.99 Å². The van der Waals surface area contributed by atoms with Crippen molar-refractivity contribution in [1.29, 1.82) is 0 Å². The second-order valence-electron chi connectivity index (χ2n) is 6.50. The summed E-state index contributed by atoms with van der Waals surface area (Å²) in [6, 6.07) is 3.68. The molecule has 1 amide bonds. The van der Waals surface area contributed by atoms with E-state index in [4.69, 9.17) is 0 Å². The molecule has 1 aromatic rings. The Morgan fingerprint density at radius 2 is 2.12 bits per heavy atom. The predicted molar refractivity (Wildman–Crippen MR) is 111 cm³/mol. The van der Waals surface area contributed by atoms with Crippen LogP contribution in [0.3, 0.4) is 0 Å². The molecule has 0 saturated heterocycles. The molecular weight excluding hydrogens is 502 g/mol. The van der Waals surface area contributed by atoms with Crippen LogP contribution in [0.15, 0.2) is 21.6 Å². The SMILES string of the molecule is CN(C)C(=O)CN=C(NC1CC1)N1CCc2c(Br)ccc(F)c2C1.I. The number of halogens is 3. The number of aliphatic imine (C=N–C) groups is 1. The highest BCUT2D eigenvalue weighted by molar-refractivity contribution is 14.0. The molecule has 1 saturated carbocycles. The van der Waals surface area contributed by atoms with Crippen LogP contribution >= 0.6 is 39.9 Å². The van der Waals surface area contributed by atoms with Crippen LogP contribution in [0, 0.1) is 5.82 Å². The second kappa shape index (κ2) is 8.66. The lowest BCUT2D eigenvalue weighted by atomic mass is 9.99. The summed E-state index contributed by atoms with van der Waals surface area (Å²) < 4.78 is 15.2. The topological polar surface area (TPSA) is 47.9 Å². The Kier molecular flexibility index (Phi) is 7.07. The summed E-state index contributed by atoms with van der Waals surface area (Å²) in [5.74, 6) is 0.474. The lowest BCUT2D eigenvalue weighted by Crippen LogP contribution is -2.45. The Bertz CT molecular complexity index is 679. The van der Waals surface area contributed by atoms with E-state index in [-0.39, 0.29) is 42.2 Å². The standard InChI is InChI=1S/C17H22BrFN4O.HI/c1-22(2)16(24)9-20-17(21-11-3-4-11)23-8-7-12-13(10-23)15(19)6-5-14(12)18;/h5-6,11H,3-4,7-10H2,1-2H3,(H,20,21);1H. The minimum atomic E-state index is -0.187. The number of nitrogens with one attached hydrogen (secondary N) is 1. The van der Waals surface area contributed by atoms with Crippen LogP contribution in [0.5, 0.6) is 0 Å². The van der Waals surface area contributed by atoms with E-state index in [9.17, 15) is 9.18 Å². The van der Waals surface area contributed by atoms with E-state index in [2.05, 4.69) is 26.2 Å². The van der Waals surface area contributed by atoms with E-state index in [0.29, 0.717) is 24.1 Å². The number of carbonyl (C=O) groups excluding carboxylic acids is 1. The summed E-state index contributed by atoms with van der Waals surface area (Å²) in [4.78, 5) is 19.9. The van der Waals surface area contributed by atoms with E-state index >= 15 is 0 Å². The fourth-order valence-corrected chi connectivity index (χ4v) is 3.28. The maximum atomic E-state index is 14.2. The quantitative estimate of drug-likeness (QED) is 0.376. The van der Waals surface area contributed by atoms with Gasteiger partial charge in [0.15, 0.2) is 5.96 Å². The van der Waals surface area contributed by atoms with Gasteiger partial charge in [0.2, 0.25) is 5.91 Å². The first-order valence-corrected chi connectivity index (χ1v) is 8.97. The molecule has 0 spiro atoms. The number of amides is 1. The number of carbonyl (C=O) groups is 1. The van der Waals surface area contributed by atoms with Gasteiger partial charge in [-0.15, -0.1) is 24.0 Å². The van der Waals surface area contributed by atoms with E-state index < -0.39 is 0 Å². The van der Waals surface area contributed by atoms with Gasteiger partial charge in [-0.25, -0.2) is 9.38 Å². The smallest absolute Gasteiger partial charge is 0.243 e. The van der Waals surface area contributed by atoms with Gasteiger partial charge in [-0.05, 0) is 37.0 Å². The molecule has 0 aromatic heterocycles. The fraction of sp³-hybridized carbons (Fsp3) is 0.529. The molecule has 0 radical (unpaired) electrons. The minimum Gasteiger partial charge on any atom is -0.353 e. The zero-order valence-electron chi connectivity index (χ0n) is 14.4. The van der Waals surface area contributed by atoms with E-state index in [1.807, 2.05) is 4.90 Å². The van der Waals surface area contributed by atoms with Gasteiger partial charge in [-0.3, -0.25) is 4.79 Å². The molecule has 0 bridgehead atoms. The molecule has 8 heteroatoms. The summed E-state index contributed by atoms with van der Waals surface area (Å²) in [7, 11) is 3.44. The molecule has 138 valence electrons. The van der Waals surface area contributed by atoms with Gasteiger partial charge in [-0.2, -0.15) is 0 Å².